The average Bonchev–Trinajstić information content (AvgIpc) is 2.78. The van der Waals surface area contributed by atoms with Gasteiger partial charge in [-0.1, -0.05) is 82.0 Å². The summed E-state index contributed by atoms with van der Waals surface area (Å²) in [7, 11) is 0. The van der Waals surface area contributed by atoms with Crippen molar-refractivity contribution < 1.29 is 9.53 Å². The maximum atomic E-state index is 12.9. The molecule has 31 heavy (non-hydrogen) atoms. The molecule has 2 N–H and O–H groups in total. The van der Waals surface area contributed by atoms with E-state index in [1.165, 1.54) is 0 Å². The Labute approximate surface area is 194 Å². The molecule has 0 unspecified atom stereocenters. The van der Waals surface area contributed by atoms with Gasteiger partial charge >= 0.3 is 0 Å². The zero-order valence-electron chi connectivity index (χ0n) is 19.1. The molecule has 2 aromatic carbocycles. The van der Waals surface area contributed by atoms with Gasteiger partial charge in [0.2, 0.25) is 5.91 Å². The highest BCUT2D eigenvalue weighted by Gasteiger charge is 2.20. The number of hydrogen-bond acceptors (Lipinski definition) is 3. The largest absolute Gasteiger partial charge is 0.489 e. The molecule has 2 rings (SSSR count). The number of nitrogens with zero attached hydrogens (tertiary/aromatic N) is 1. The van der Waals surface area contributed by atoms with Crippen LogP contribution in [0.3, 0.4) is 0 Å². The highest BCUT2D eigenvalue weighted by molar-refractivity contribution is 5.85. The van der Waals surface area contributed by atoms with Crippen LogP contribution in [0.25, 0.3) is 0 Å². The molecule has 1 atom stereocenters. The molecular formula is C26H39ClN2O2. The van der Waals surface area contributed by atoms with Gasteiger partial charge in [0.1, 0.15) is 12.4 Å². The third-order valence-corrected chi connectivity index (χ3v) is 5.32. The van der Waals surface area contributed by atoms with Gasteiger partial charge in [0.15, 0.2) is 0 Å². The number of ether oxygens (including phenoxy) is 1. The van der Waals surface area contributed by atoms with E-state index in [0.29, 0.717) is 13.0 Å². The van der Waals surface area contributed by atoms with Crippen molar-refractivity contribution in [3.8, 4) is 5.75 Å². The number of carbonyl (C=O) groups excluding carboxylic acids is 1. The first-order valence-corrected chi connectivity index (χ1v) is 11.4. The van der Waals surface area contributed by atoms with Crippen LogP contribution < -0.4 is 10.5 Å². The highest BCUT2D eigenvalue weighted by atomic mass is 35.5. The van der Waals surface area contributed by atoms with E-state index >= 15 is 0 Å². The first-order valence-electron chi connectivity index (χ1n) is 11.4. The van der Waals surface area contributed by atoms with Crippen LogP contribution in [0.15, 0.2) is 54.6 Å². The monoisotopic (exact) mass is 446 g/mol. The van der Waals surface area contributed by atoms with Crippen LogP contribution in [0.4, 0.5) is 0 Å². The molecule has 0 bridgehead atoms. The molecule has 0 saturated carbocycles. The molecule has 0 aliphatic rings. The summed E-state index contributed by atoms with van der Waals surface area (Å²) in [5, 5.41) is 0. The Kier molecular flexibility index (Phi) is 13.7. The van der Waals surface area contributed by atoms with Crippen LogP contribution in [0.2, 0.25) is 0 Å². The summed E-state index contributed by atoms with van der Waals surface area (Å²) in [4.78, 5) is 14.9. The number of amides is 1. The lowest BCUT2D eigenvalue weighted by Crippen LogP contribution is -2.45. The van der Waals surface area contributed by atoms with E-state index in [9.17, 15) is 4.79 Å². The second-order valence-electron chi connectivity index (χ2n) is 7.97. The van der Waals surface area contributed by atoms with Gasteiger partial charge in [0.05, 0.1) is 6.04 Å². The number of halogens is 1. The lowest BCUT2D eigenvalue weighted by molar-refractivity contribution is -0.132. The normalized spacial score (nSPS) is 11.5. The lowest BCUT2D eigenvalue weighted by Gasteiger charge is -2.26. The van der Waals surface area contributed by atoms with Gasteiger partial charge in [-0.25, -0.2) is 0 Å². The van der Waals surface area contributed by atoms with E-state index in [-0.39, 0.29) is 18.3 Å². The Morgan fingerprint density at radius 2 is 1.45 bits per heavy atom. The number of hydrogen-bond donors (Lipinski definition) is 1. The van der Waals surface area contributed by atoms with Crippen molar-refractivity contribution in [3.63, 3.8) is 0 Å². The van der Waals surface area contributed by atoms with Crippen molar-refractivity contribution in [1.82, 2.24) is 4.90 Å². The van der Waals surface area contributed by atoms with Gasteiger partial charge in [0.25, 0.3) is 0 Å². The number of benzene rings is 2. The Balaban J connectivity index is 0.00000480. The topological polar surface area (TPSA) is 55.6 Å². The van der Waals surface area contributed by atoms with Gasteiger partial charge < -0.3 is 15.4 Å². The van der Waals surface area contributed by atoms with Crippen LogP contribution in [0, 0.1) is 0 Å². The van der Waals surface area contributed by atoms with Crippen molar-refractivity contribution >= 4 is 18.3 Å². The molecule has 0 aliphatic carbocycles. The molecule has 0 radical (unpaired) electrons. The van der Waals surface area contributed by atoms with Gasteiger partial charge in [0, 0.05) is 13.1 Å². The molecule has 0 fully saturated rings. The summed E-state index contributed by atoms with van der Waals surface area (Å²) < 4.78 is 5.84. The van der Waals surface area contributed by atoms with E-state index in [2.05, 4.69) is 13.8 Å². The van der Waals surface area contributed by atoms with Gasteiger partial charge in [-0.15, -0.1) is 12.4 Å². The maximum Gasteiger partial charge on any atom is 0.239 e. The summed E-state index contributed by atoms with van der Waals surface area (Å²) in [6.45, 7) is 6.54. The zero-order valence-corrected chi connectivity index (χ0v) is 19.9. The van der Waals surface area contributed by atoms with E-state index in [0.717, 1.165) is 68.5 Å². The lowest BCUT2D eigenvalue weighted by atomic mass is 10.0. The number of carbonyl (C=O) groups is 1. The summed E-state index contributed by atoms with van der Waals surface area (Å²) in [6, 6.07) is 17.5. The predicted molar refractivity (Wildman–Crippen MR) is 132 cm³/mol. The minimum absolute atomic E-state index is 0. The second-order valence-corrected chi connectivity index (χ2v) is 7.97. The smallest absolute Gasteiger partial charge is 0.239 e. The Bertz CT molecular complexity index is 712. The molecule has 0 spiro atoms. The molecule has 172 valence electrons. The highest BCUT2D eigenvalue weighted by Crippen LogP contribution is 2.16. The Morgan fingerprint density at radius 3 is 2.00 bits per heavy atom. The third kappa shape index (κ3) is 10.2. The molecule has 5 heteroatoms. The third-order valence-electron chi connectivity index (χ3n) is 5.32. The van der Waals surface area contributed by atoms with Crippen molar-refractivity contribution in [1.29, 1.82) is 0 Å². The molecule has 0 aliphatic heterocycles. The van der Waals surface area contributed by atoms with E-state index in [1.54, 1.807) is 0 Å². The maximum absolute atomic E-state index is 12.9. The first-order chi connectivity index (χ1) is 14.6. The predicted octanol–water partition coefficient (Wildman–Crippen LogP) is 5.77. The Hall–Kier alpha value is -2.04. The van der Waals surface area contributed by atoms with Gasteiger partial charge in [-0.05, 0) is 42.5 Å². The van der Waals surface area contributed by atoms with E-state index in [1.807, 2.05) is 59.5 Å². The zero-order chi connectivity index (χ0) is 21.6. The standard InChI is InChI=1S/C26H38N2O2.ClH/c1-3-5-10-18-28(19-11-6-4-2)26(29)25(27)20-22-14-16-24(17-15-22)30-21-23-12-8-7-9-13-23;/h7-9,12-17,25H,3-6,10-11,18-21,27H2,1-2H3;1H/t25-;/m1./s1. The number of unbranched alkanes of at least 4 members (excludes halogenated alkanes) is 4. The SMILES string of the molecule is CCCCCN(CCCCC)C(=O)[C@H](N)Cc1ccc(OCc2ccccc2)cc1.Cl. The molecule has 1 amide bonds. The van der Waals surface area contributed by atoms with Crippen molar-refractivity contribution in [2.75, 3.05) is 13.1 Å². The molecule has 0 saturated heterocycles. The Morgan fingerprint density at radius 1 is 0.871 bits per heavy atom. The minimum atomic E-state index is -0.496. The molecule has 4 nitrogen and oxygen atoms in total. The molecular weight excluding hydrogens is 408 g/mol. The van der Waals surface area contributed by atoms with Crippen molar-refractivity contribution in [2.24, 2.45) is 5.73 Å². The molecule has 0 heterocycles. The minimum Gasteiger partial charge on any atom is -0.489 e. The fraction of sp³-hybridized carbons (Fsp3) is 0.500. The summed E-state index contributed by atoms with van der Waals surface area (Å²) in [5.74, 6) is 0.898. The first kappa shape index (κ1) is 27.0. The van der Waals surface area contributed by atoms with Crippen LogP contribution in [0.1, 0.15) is 63.5 Å². The van der Waals surface area contributed by atoms with Crippen molar-refractivity contribution in [3.05, 3.63) is 65.7 Å². The van der Waals surface area contributed by atoms with Gasteiger partial charge in [-0.2, -0.15) is 0 Å². The number of nitrogens with two attached hydrogens (primary N) is 1. The summed E-state index contributed by atoms with van der Waals surface area (Å²) in [6.07, 6.45) is 7.26. The van der Waals surface area contributed by atoms with Crippen LogP contribution in [-0.4, -0.2) is 29.9 Å². The van der Waals surface area contributed by atoms with Crippen LogP contribution in [-0.2, 0) is 17.8 Å². The number of rotatable bonds is 14. The molecule has 2 aromatic rings. The molecule has 0 aromatic heterocycles. The fourth-order valence-electron chi connectivity index (χ4n) is 3.48. The fourth-order valence-corrected chi connectivity index (χ4v) is 3.48. The van der Waals surface area contributed by atoms with E-state index in [4.69, 9.17) is 10.5 Å². The van der Waals surface area contributed by atoms with Crippen LogP contribution in [0.5, 0.6) is 5.75 Å². The van der Waals surface area contributed by atoms with Gasteiger partial charge in [-0.3, -0.25) is 4.79 Å². The summed E-state index contributed by atoms with van der Waals surface area (Å²) >= 11 is 0. The van der Waals surface area contributed by atoms with Crippen LogP contribution >= 0.6 is 12.4 Å². The van der Waals surface area contributed by atoms with Crippen molar-refractivity contribution in [2.45, 2.75) is 71.4 Å². The second kappa shape index (κ2) is 15.7. The van der Waals surface area contributed by atoms with E-state index < -0.39 is 6.04 Å². The quantitative estimate of drug-likeness (QED) is 0.375. The summed E-state index contributed by atoms with van der Waals surface area (Å²) in [5.41, 5.74) is 8.51. The average molecular weight is 447 g/mol.